The monoisotopic (exact) mass is 352 g/mol. The third kappa shape index (κ3) is 3.46. The Kier molecular flexibility index (Phi) is 4.37. The molecule has 128 valence electrons. The number of hydrogen-bond acceptors (Lipinski definition) is 4. The normalized spacial score (nSPS) is 16.3. The van der Waals surface area contributed by atoms with Crippen LogP contribution in [0.4, 0.5) is 4.39 Å². The number of imidazole rings is 1. The molecule has 0 atom stereocenters. The van der Waals surface area contributed by atoms with Crippen LogP contribution < -0.4 is 0 Å². The van der Waals surface area contributed by atoms with E-state index in [1.165, 1.54) is 22.8 Å². The number of piperazine rings is 1. The van der Waals surface area contributed by atoms with Crippen molar-refractivity contribution in [2.75, 3.05) is 32.4 Å². The van der Waals surface area contributed by atoms with Crippen LogP contribution in [0.3, 0.4) is 0 Å². The van der Waals surface area contributed by atoms with Gasteiger partial charge in [-0.2, -0.15) is 4.31 Å². The lowest BCUT2D eigenvalue weighted by Gasteiger charge is -2.32. The summed E-state index contributed by atoms with van der Waals surface area (Å²) < 4.78 is 38.9. The minimum absolute atomic E-state index is 0.246. The highest BCUT2D eigenvalue weighted by Gasteiger charge is 2.27. The quantitative estimate of drug-likeness (QED) is 0.816. The van der Waals surface area contributed by atoms with Crippen molar-refractivity contribution in [3.05, 3.63) is 48.3 Å². The van der Waals surface area contributed by atoms with E-state index in [-0.39, 0.29) is 30.5 Å². The van der Waals surface area contributed by atoms with Gasteiger partial charge in [-0.1, -0.05) is 0 Å². The van der Waals surface area contributed by atoms with E-state index in [4.69, 9.17) is 0 Å². The predicted molar refractivity (Wildman–Crippen MR) is 85.8 cm³/mol. The average Bonchev–Trinajstić information content (AvgIpc) is 3.04. The van der Waals surface area contributed by atoms with Crippen molar-refractivity contribution in [2.24, 2.45) is 0 Å². The molecular weight excluding hydrogens is 335 g/mol. The lowest BCUT2D eigenvalue weighted by Crippen LogP contribution is -2.50. The second-order valence-corrected chi connectivity index (χ2v) is 7.58. The van der Waals surface area contributed by atoms with Crippen LogP contribution in [0.15, 0.2) is 36.8 Å². The van der Waals surface area contributed by atoms with E-state index in [2.05, 4.69) is 4.98 Å². The molecule has 3 rings (SSSR count). The van der Waals surface area contributed by atoms with Crippen molar-refractivity contribution >= 4 is 15.9 Å². The third-order valence-corrected chi connectivity index (χ3v) is 5.22. The van der Waals surface area contributed by atoms with Crippen molar-refractivity contribution in [1.82, 2.24) is 18.8 Å². The summed E-state index contributed by atoms with van der Waals surface area (Å²) in [5.74, 6) is -0.581. The Hall–Kier alpha value is -2.26. The van der Waals surface area contributed by atoms with E-state index in [0.29, 0.717) is 18.8 Å². The van der Waals surface area contributed by atoms with Crippen LogP contribution in [0, 0.1) is 5.82 Å². The zero-order chi connectivity index (χ0) is 17.3. The fourth-order valence-electron chi connectivity index (χ4n) is 2.57. The highest BCUT2D eigenvalue weighted by atomic mass is 32.2. The minimum Gasteiger partial charge on any atom is -0.335 e. The molecule has 9 heteroatoms. The molecular formula is C15H17FN4O3S. The van der Waals surface area contributed by atoms with E-state index in [1.807, 2.05) is 0 Å². The molecule has 0 N–H and O–H groups in total. The number of hydrogen-bond donors (Lipinski definition) is 0. The van der Waals surface area contributed by atoms with E-state index >= 15 is 0 Å². The number of nitrogens with zero attached hydrogens (tertiary/aromatic N) is 4. The van der Waals surface area contributed by atoms with Gasteiger partial charge in [0.15, 0.2) is 0 Å². The maximum Gasteiger partial charge on any atom is 0.274 e. The van der Waals surface area contributed by atoms with Gasteiger partial charge in [-0.3, -0.25) is 4.79 Å². The smallest absolute Gasteiger partial charge is 0.274 e. The molecule has 7 nitrogen and oxygen atoms in total. The Labute approximate surface area is 139 Å². The summed E-state index contributed by atoms with van der Waals surface area (Å²) in [4.78, 5) is 18.2. The molecule has 24 heavy (non-hydrogen) atoms. The number of rotatable bonds is 3. The topological polar surface area (TPSA) is 75.5 Å². The Morgan fingerprint density at radius 1 is 1.12 bits per heavy atom. The average molecular weight is 352 g/mol. The third-order valence-electron chi connectivity index (χ3n) is 3.92. The van der Waals surface area contributed by atoms with Gasteiger partial charge >= 0.3 is 0 Å². The van der Waals surface area contributed by atoms with Crippen molar-refractivity contribution in [1.29, 1.82) is 0 Å². The molecule has 2 aromatic rings. The van der Waals surface area contributed by atoms with Gasteiger partial charge < -0.3 is 9.47 Å². The highest BCUT2D eigenvalue weighted by molar-refractivity contribution is 7.88. The molecule has 0 bridgehead atoms. The molecule has 1 aliphatic heterocycles. The van der Waals surface area contributed by atoms with Crippen molar-refractivity contribution in [3.8, 4) is 5.69 Å². The predicted octanol–water partition coefficient (Wildman–Crippen LogP) is 0.729. The summed E-state index contributed by atoms with van der Waals surface area (Å²) in [6, 6.07) is 5.86. The summed E-state index contributed by atoms with van der Waals surface area (Å²) in [5, 5.41) is 0. The Bertz CT molecular complexity index is 840. The van der Waals surface area contributed by atoms with Crippen molar-refractivity contribution in [2.45, 2.75) is 0 Å². The first kappa shape index (κ1) is 16.6. The second-order valence-electron chi connectivity index (χ2n) is 5.60. The van der Waals surface area contributed by atoms with Gasteiger partial charge in [0, 0.05) is 38.1 Å². The van der Waals surface area contributed by atoms with Crippen LogP contribution in [-0.2, 0) is 10.0 Å². The number of benzene rings is 1. The van der Waals surface area contributed by atoms with Gasteiger partial charge in [0.05, 0.1) is 6.26 Å². The Morgan fingerprint density at radius 2 is 1.75 bits per heavy atom. The van der Waals surface area contributed by atoms with Crippen LogP contribution in [-0.4, -0.2) is 65.5 Å². The fraction of sp³-hybridized carbons (Fsp3) is 0.333. The van der Waals surface area contributed by atoms with E-state index in [0.717, 1.165) is 6.26 Å². The molecule has 0 aliphatic carbocycles. The van der Waals surface area contributed by atoms with Gasteiger partial charge in [0.2, 0.25) is 10.0 Å². The first-order valence-electron chi connectivity index (χ1n) is 7.39. The number of sulfonamides is 1. The molecule has 1 fully saturated rings. The molecule has 0 radical (unpaired) electrons. The largest absolute Gasteiger partial charge is 0.335 e. The molecule has 1 aromatic carbocycles. The summed E-state index contributed by atoms with van der Waals surface area (Å²) in [6.07, 6.45) is 4.24. The van der Waals surface area contributed by atoms with E-state index in [9.17, 15) is 17.6 Å². The Morgan fingerprint density at radius 3 is 2.33 bits per heavy atom. The standard InChI is InChI=1S/C15H17FN4O3S/c1-24(22,23)20-8-6-18(7-9-20)15(21)14-10-19(11-17-14)13-4-2-12(16)3-5-13/h2-5,10-11H,6-9H2,1H3. The first-order chi connectivity index (χ1) is 11.3. The maximum absolute atomic E-state index is 13.0. The number of carbonyl (C=O) groups is 1. The van der Waals surface area contributed by atoms with Crippen molar-refractivity contribution < 1.29 is 17.6 Å². The molecule has 2 heterocycles. The van der Waals surface area contributed by atoms with Crippen LogP contribution >= 0.6 is 0 Å². The molecule has 1 saturated heterocycles. The number of aromatic nitrogens is 2. The van der Waals surface area contributed by atoms with Crippen molar-refractivity contribution in [3.63, 3.8) is 0 Å². The van der Waals surface area contributed by atoms with Crippen LogP contribution in [0.1, 0.15) is 10.5 Å². The summed E-state index contributed by atoms with van der Waals surface area (Å²) in [7, 11) is -3.23. The van der Waals surface area contributed by atoms with Crippen LogP contribution in [0.5, 0.6) is 0 Å². The summed E-state index contributed by atoms with van der Waals surface area (Å²) >= 11 is 0. The molecule has 1 aromatic heterocycles. The zero-order valence-electron chi connectivity index (χ0n) is 13.1. The lowest BCUT2D eigenvalue weighted by atomic mass is 10.3. The van der Waals surface area contributed by atoms with E-state index in [1.54, 1.807) is 27.8 Å². The number of amides is 1. The molecule has 1 amide bonds. The maximum atomic E-state index is 13.0. The number of halogens is 1. The fourth-order valence-corrected chi connectivity index (χ4v) is 3.40. The van der Waals surface area contributed by atoms with Gasteiger partial charge in [0.1, 0.15) is 17.8 Å². The number of carbonyl (C=O) groups excluding carboxylic acids is 1. The van der Waals surface area contributed by atoms with Crippen LogP contribution in [0.2, 0.25) is 0 Å². The summed E-state index contributed by atoms with van der Waals surface area (Å²) in [5.41, 5.74) is 0.969. The second kappa shape index (κ2) is 6.33. The first-order valence-corrected chi connectivity index (χ1v) is 9.24. The molecule has 0 unspecified atom stereocenters. The van der Waals surface area contributed by atoms with E-state index < -0.39 is 10.0 Å². The molecule has 0 saturated carbocycles. The lowest BCUT2D eigenvalue weighted by molar-refractivity contribution is 0.0693. The molecule has 1 aliphatic rings. The SMILES string of the molecule is CS(=O)(=O)N1CCN(C(=O)c2cn(-c3ccc(F)cc3)cn2)CC1. The molecule has 0 spiro atoms. The van der Waals surface area contributed by atoms with Crippen LogP contribution in [0.25, 0.3) is 5.69 Å². The zero-order valence-corrected chi connectivity index (χ0v) is 13.9. The van der Waals surface area contributed by atoms with Gasteiger partial charge in [-0.15, -0.1) is 0 Å². The minimum atomic E-state index is -3.23. The van der Waals surface area contributed by atoms with Gasteiger partial charge in [0.25, 0.3) is 5.91 Å². The Balaban J connectivity index is 1.70. The highest BCUT2D eigenvalue weighted by Crippen LogP contribution is 2.13. The van der Waals surface area contributed by atoms with Gasteiger partial charge in [-0.05, 0) is 24.3 Å². The summed E-state index contributed by atoms with van der Waals surface area (Å²) in [6.45, 7) is 1.22. The van der Waals surface area contributed by atoms with Gasteiger partial charge in [-0.25, -0.2) is 17.8 Å².